The van der Waals surface area contributed by atoms with E-state index in [0.717, 1.165) is 37.2 Å². The average Bonchev–Trinajstić information content (AvgIpc) is 2.58. The molecule has 0 amide bonds. The minimum Gasteiger partial charge on any atom is -0.490 e. The molecular weight excluding hydrogens is 320 g/mol. The summed E-state index contributed by atoms with van der Waals surface area (Å²) in [6.07, 6.45) is 2.17. The van der Waals surface area contributed by atoms with Crippen molar-refractivity contribution in [3.63, 3.8) is 0 Å². The molecule has 25 heavy (non-hydrogen) atoms. The van der Waals surface area contributed by atoms with Gasteiger partial charge in [-0.25, -0.2) is 0 Å². The second-order valence-electron chi connectivity index (χ2n) is 7.19. The number of carboxylic acids is 1. The summed E-state index contributed by atoms with van der Waals surface area (Å²) >= 11 is 0. The zero-order valence-electron chi connectivity index (χ0n) is 14.9. The molecule has 136 valence electrons. The van der Waals surface area contributed by atoms with E-state index in [9.17, 15) is 15.0 Å². The third-order valence-corrected chi connectivity index (χ3v) is 4.60. The van der Waals surface area contributed by atoms with Crippen molar-refractivity contribution in [2.45, 2.75) is 39.2 Å². The van der Waals surface area contributed by atoms with Gasteiger partial charge in [-0.3, -0.25) is 4.79 Å². The Morgan fingerprint density at radius 3 is 2.64 bits per heavy atom. The normalized spacial score (nSPS) is 16.4. The number of likely N-dealkylation sites (tertiary alicyclic amines) is 1. The molecule has 1 aromatic rings. The van der Waals surface area contributed by atoms with Gasteiger partial charge in [0.15, 0.2) is 0 Å². The summed E-state index contributed by atoms with van der Waals surface area (Å²) < 4.78 is 6.10. The smallest absolute Gasteiger partial charge is 0.310 e. The summed E-state index contributed by atoms with van der Waals surface area (Å²) in [4.78, 5) is 13.4. The lowest BCUT2D eigenvalue weighted by Crippen LogP contribution is -2.45. The molecule has 1 aliphatic heterocycles. The molecule has 0 saturated carbocycles. The van der Waals surface area contributed by atoms with E-state index in [1.54, 1.807) is 32.0 Å². The van der Waals surface area contributed by atoms with E-state index in [-0.39, 0.29) is 12.7 Å². The van der Waals surface area contributed by atoms with E-state index in [4.69, 9.17) is 10.00 Å². The number of nitrogens with zero attached hydrogens (tertiary/aromatic N) is 2. The van der Waals surface area contributed by atoms with Gasteiger partial charge in [0, 0.05) is 26.2 Å². The summed E-state index contributed by atoms with van der Waals surface area (Å²) in [5.74, 6) is -0.0607. The number of nitriles is 1. The Labute approximate surface area is 148 Å². The number of piperidine rings is 1. The van der Waals surface area contributed by atoms with Crippen LogP contribution in [0.5, 0.6) is 5.75 Å². The lowest BCUT2D eigenvalue weighted by atomic mass is 9.92. The van der Waals surface area contributed by atoms with E-state index in [1.165, 1.54) is 0 Å². The van der Waals surface area contributed by atoms with E-state index < -0.39 is 11.4 Å². The molecule has 1 fully saturated rings. The minimum absolute atomic E-state index is 0.00789. The van der Waals surface area contributed by atoms with Gasteiger partial charge < -0.3 is 19.8 Å². The average molecular weight is 346 g/mol. The van der Waals surface area contributed by atoms with Gasteiger partial charge in [-0.15, -0.1) is 0 Å². The fourth-order valence-corrected chi connectivity index (χ4v) is 3.07. The van der Waals surface area contributed by atoms with Crippen LogP contribution in [0.4, 0.5) is 0 Å². The van der Waals surface area contributed by atoms with Gasteiger partial charge in [0.25, 0.3) is 0 Å². The molecule has 1 heterocycles. The van der Waals surface area contributed by atoms with Crippen LogP contribution in [-0.2, 0) is 11.2 Å². The van der Waals surface area contributed by atoms with Crippen molar-refractivity contribution in [1.82, 2.24) is 4.90 Å². The third-order valence-electron chi connectivity index (χ3n) is 4.60. The summed E-state index contributed by atoms with van der Waals surface area (Å²) in [6.45, 7) is 5.63. The summed E-state index contributed by atoms with van der Waals surface area (Å²) in [5.41, 5.74) is 0.646. The van der Waals surface area contributed by atoms with Crippen LogP contribution in [0.1, 0.15) is 37.8 Å². The van der Waals surface area contributed by atoms with E-state index in [0.29, 0.717) is 18.5 Å². The summed E-state index contributed by atoms with van der Waals surface area (Å²) in [5, 5.41) is 27.5. The molecule has 0 aliphatic carbocycles. The van der Waals surface area contributed by atoms with Crippen LogP contribution in [0.2, 0.25) is 0 Å². The maximum absolute atomic E-state index is 11.3. The summed E-state index contributed by atoms with van der Waals surface area (Å²) in [7, 11) is 0. The van der Waals surface area contributed by atoms with Crippen molar-refractivity contribution in [1.29, 1.82) is 5.26 Å². The number of ether oxygens (including phenoxy) is 1. The predicted octanol–water partition coefficient (Wildman–Crippen LogP) is 2.05. The highest BCUT2D eigenvalue weighted by atomic mass is 16.5. The first-order valence-corrected chi connectivity index (χ1v) is 8.62. The van der Waals surface area contributed by atoms with Gasteiger partial charge >= 0.3 is 5.97 Å². The lowest BCUT2D eigenvalue weighted by molar-refractivity contribution is -0.148. The molecule has 0 unspecified atom stereocenters. The lowest BCUT2D eigenvalue weighted by Gasteiger charge is -2.35. The predicted molar refractivity (Wildman–Crippen MR) is 93.5 cm³/mol. The Kier molecular flexibility index (Phi) is 6.40. The number of hydrogen-bond donors (Lipinski definition) is 2. The van der Waals surface area contributed by atoms with Gasteiger partial charge in [0.05, 0.1) is 17.0 Å². The Hall–Kier alpha value is -2.10. The SMILES string of the molecule is CC(C)(CN1CCC(Oc2ccc(C#N)cc2CCO)CC1)C(=O)O. The van der Waals surface area contributed by atoms with Crippen LogP contribution < -0.4 is 4.74 Å². The fourth-order valence-electron chi connectivity index (χ4n) is 3.07. The van der Waals surface area contributed by atoms with Crippen molar-refractivity contribution >= 4 is 5.97 Å². The minimum atomic E-state index is -0.780. The Morgan fingerprint density at radius 2 is 2.08 bits per heavy atom. The quantitative estimate of drug-likeness (QED) is 0.785. The highest BCUT2D eigenvalue weighted by Gasteiger charge is 2.31. The van der Waals surface area contributed by atoms with Gasteiger partial charge in [-0.05, 0) is 56.9 Å². The van der Waals surface area contributed by atoms with Gasteiger partial charge in [-0.1, -0.05) is 0 Å². The van der Waals surface area contributed by atoms with Crippen molar-refractivity contribution < 1.29 is 19.7 Å². The topological polar surface area (TPSA) is 93.8 Å². The zero-order valence-corrected chi connectivity index (χ0v) is 14.9. The largest absolute Gasteiger partial charge is 0.490 e. The number of benzene rings is 1. The molecule has 0 aromatic heterocycles. The molecule has 6 heteroatoms. The van der Waals surface area contributed by atoms with Crippen LogP contribution in [0.15, 0.2) is 18.2 Å². The first-order chi connectivity index (χ1) is 11.9. The second kappa shape index (κ2) is 8.32. The van der Waals surface area contributed by atoms with Crippen LogP contribution in [0.3, 0.4) is 0 Å². The van der Waals surface area contributed by atoms with Crippen LogP contribution in [0.25, 0.3) is 0 Å². The van der Waals surface area contributed by atoms with Crippen molar-refractivity contribution in [2.75, 3.05) is 26.2 Å². The molecule has 6 nitrogen and oxygen atoms in total. The van der Waals surface area contributed by atoms with E-state index in [1.807, 2.05) is 0 Å². The Bertz CT molecular complexity index is 643. The number of rotatable bonds is 7. The molecule has 2 N–H and O–H groups in total. The second-order valence-corrected chi connectivity index (χ2v) is 7.19. The highest BCUT2D eigenvalue weighted by Crippen LogP contribution is 2.26. The number of carboxylic acid groups (broad SMARTS) is 1. The highest BCUT2D eigenvalue weighted by molar-refractivity contribution is 5.73. The number of carbonyl (C=O) groups is 1. The van der Waals surface area contributed by atoms with Crippen LogP contribution in [-0.4, -0.2) is 53.4 Å². The maximum Gasteiger partial charge on any atom is 0.310 e. The molecule has 0 radical (unpaired) electrons. The number of aliphatic carboxylic acids is 1. The van der Waals surface area contributed by atoms with E-state index >= 15 is 0 Å². The molecule has 1 aliphatic rings. The molecule has 0 atom stereocenters. The molecule has 1 saturated heterocycles. The van der Waals surface area contributed by atoms with Gasteiger partial charge in [0.1, 0.15) is 11.9 Å². The molecule has 0 spiro atoms. The van der Waals surface area contributed by atoms with Gasteiger partial charge in [0.2, 0.25) is 0 Å². The monoisotopic (exact) mass is 346 g/mol. The number of aliphatic hydroxyl groups excluding tert-OH is 1. The first kappa shape index (κ1) is 19.2. The molecule has 1 aromatic carbocycles. The molecule has 2 rings (SSSR count). The Morgan fingerprint density at radius 1 is 1.40 bits per heavy atom. The summed E-state index contributed by atoms with van der Waals surface area (Å²) in [6, 6.07) is 7.38. The van der Waals surface area contributed by atoms with E-state index in [2.05, 4.69) is 11.0 Å². The standard InChI is InChI=1S/C19H26N2O4/c1-19(2,18(23)24)13-21-8-5-16(6-9-21)25-17-4-3-14(12-20)11-15(17)7-10-22/h3-4,11,16,22H,5-10,13H2,1-2H3,(H,23,24). The Balaban J connectivity index is 1.94. The number of hydrogen-bond acceptors (Lipinski definition) is 5. The maximum atomic E-state index is 11.3. The van der Waals surface area contributed by atoms with Crippen molar-refractivity contribution in [3.05, 3.63) is 29.3 Å². The van der Waals surface area contributed by atoms with Crippen LogP contribution >= 0.6 is 0 Å². The number of aliphatic hydroxyl groups is 1. The van der Waals surface area contributed by atoms with Crippen molar-refractivity contribution in [3.8, 4) is 11.8 Å². The third kappa shape index (κ3) is 5.18. The first-order valence-electron chi connectivity index (χ1n) is 8.62. The molecule has 0 bridgehead atoms. The zero-order chi connectivity index (χ0) is 18.4. The van der Waals surface area contributed by atoms with Gasteiger partial charge in [-0.2, -0.15) is 5.26 Å². The van der Waals surface area contributed by atoms with Crippen molar-refractivity contribution in [2.24, 2.45) is 5.41 Å². The van der Waals surface area contributed by atoms with Crippen LogP contribution in [0, 0.1) is 16.7 Å². The fraction of sp³-hybridized carbons (Fsp3) is 0.579. The molecular formula is C19H26N2O4.